The van der Waals surface area contributed by atoms with E-state index in [9.17, 15) is 9.59 Å². The number of hydrogen-bond donors (Lipinski definition) is 2. The molecule has 1 fully saturated rings. The highest BCUT2D eigenvalue weighted by Gasteiger charge is 2.35. The lowest BCUT2D eigenvalue weighted by atomic mass is 10.1. The third kappa shape index (κ3) is 2.18. The van der Waals surface area contributed by atoms with Gasteiger partial charge in [0.2, 0.25) is 0 Å². The van der Waals surface area contributed by atoms with Crippen LogP contribution in [0.5, 0.6) is 0 Å². The largest absolute Gasteiger partial charge is 0.481 e. The van der Waals surface area contributed by atoms with Crippen LogP contribution < -0.4 is 0 Å². The topological polar surface area (TPSA) is 77.8 Å². The fraction of sp³-hybridized carbons (Fsp3) is 0.750. The highest BCUT2D eigenvalue weighted by atomic mass is 16.4. The summed E-state index contributed by atoms with van der Waals surface area (Å²) in [6.07, 6.45) is 1.23. The van der Waals surface area contributed by atoms with E-state index in [2.05, 4.69) is 0 Å². The van der Waals surface area contributed by atoms with Crippen LogP contribution in [0.15, 0.2) is 0 Å². The molecule has 0 unspecified atom stereocenters. The van der Waals surface area contributed by atoms with Crippen molar-refractivity contribution >= 4 is 11.9 Å². The number of rotatable bonds is 3. The Hall–Kier alpha value is -1.10. The number of carboxylic acids is 2. The summed E-state index contributed by atoms with van der Waals surface area (Å²) in [5, 5.41) is 17.3. The second-order valence-electron chi connectivity index (χ2n) is 3.35. The number of hydrogen-bond acceptors (Lipinski definition) is 3. The minimum Gasteiger partial charge on any atom is -0.481 e. The fourth-order valence-electron chi connectivity index (χ4n) is 1.76. The molecule has 0 spiro atoms. The number of carbonyl (C=O) groups is 2. The van der Waals surface area contributed by atoms with Crippen LogP contribution in [0, 0.1) is 0 Å². The molecule has 13 heavy (non-hydrogen) atoms. The van der Waals surface area contributed by atoms with E-state index >= 15 is 0 Å². The molecule has 5 nitrogen and oxygen atoms in total. The zero-order chi connectivity index (χ0) is 10.0. The standard InChI is InChI=1S/C8H13NO4/c1-9-5(4-7(10)11)2-3-6(9)8(12)13/h5-6H,2-4H2,1H3,(H,10,11)(H,12,13)/t5-,6+/m0/s1. The Labute approximate surface area is 76.0 Å². The van der Waals surface area contributed by atoms with Crippen LogP contribution in [0.4, 0.5) is 0 Å². The molecule has 1 heterocycles. The number of nitrogens with zero attached hydrogens (tertiary/aromatic N) is 1. The molecular weight excluding hydrogens is 174 g/mol. The number of carboxylic acid groups (broad SMARTS) is 2. The summed E-state index contributed by atoms with van der Waals surface area (Å²) in [5.74, 6) is -1.74. The Bertz CT molecular complexity index is 228. The third-order valence-electron chi connectivity index (χ3n) is 2.54. The van der Waals surface area contributed by atoms with Crippen molar-refractivity contribution in [2.75, 3.05) is 7.05 Å². The van der Waals surface area contributed by atoms with Crippen molar-refractivity contribution in [3.8, 4) is 0 Å². The van der Waals surface area contributed by atoms with E-state index in [1.54, 1.807) is 11.9 Å². The summed E-state index contributed by atoms with van der Waals surface area (Å²) < 4.78 is 0. The lowest BCUT2D eigenvalue weighted by Crippen LogP contribution is -2.38. The maximum Gasteiger partial charge on any atom is 0.320 e. The average molecular weight is 187 g/mol. The molecule has 0 saturated carbocycles. The first kappa shape index (κ1) is 9.98. The molecule has 2 atom stereocenters. The van der Waals surface area contributed by atoms with Gasteiger partial charge >= 0.3 is 11.9 Å². The van der Waals surface area contributed by atoms with Crippen LogP contribution in [-0.4, -0.2) is 46.2 Å². The van der Waals surface area contributed by atoms with Gasteiger partial charge in [-0.15, -0.1) is 0 Å². The first-order valence-corrected chi connectivity index (χ1v) is 4.19. The highest BCUT2D eigenvalue weighted by molar-refractivity contribution is 5.74. The van der Waals surface area contributed by atoms with Gasteiger partial charge in [0.1, 0.15) is 6.04 Å². The predicted molar refractivity (Wildman–Crippen MR) is 44.5 cm³/mol. The lowest BCUT2D eigenvalue weighted by molar-refractivity contribution is -0.144. The number of likely N-dealkylation sites (N-methyl/N-ethyl adjacent to an activating group) is 1. The maximum atomic E-state index is 10.7. The molecule has 1 aliphatic rings. The predicted octanol–water partition coefficient (Wildman–Crippen LogP) is 0.00850. The normalized spacial score (nSPS) is 29.0. The van der Waals surface area contributed by atoms with Gasteiger partial charge in [-0.25, -0.2) is 0 Å². The Balaban J connectivity index is 2.54. The van der Waals surface area contributed by atoms with Gasteiger partial charge in [-0.1, -0.05) is 0 Å². The van der Waals surface area contributed by atoms with E-state index in [1.807, 2.05) is 0 Å². The van der Waals surface area contributed by atoms with Gasteiger partial charge in [0, 0.05) is 6.04 Å². The summed E-state index contributed by atoms with van der Waals surface area (Å²) in [6.45, 7) is 0. The first-order valence-electron chi connectivity index (χ1n) is 4.19. The smallest absolute Gasteiger partial charge is 0.320 e. The minimum absolute atomic E-state index is 0.0281. The van der Waals surface area contributed by atoms with Crippen molar-refractivity contribution < 1.29 is 19.8 Å². The second kappa shape index (κ2) is 3.74. The Morgan fingerprint density at radius 2 is 2.00 bits per heavy atom. The van der Waals surface area contributed by atoms with Crippen molar-refractivity contribution in [3.63, 3.8) is 0 Å². The molecule has 0 amide bonds. The SMILES string of the molecule is CN1[C@H](CC(=O)O)CC[C@@H]1C(=O)O. The number of aliphatic carboxylic acids is 2. The minimum atomic E-state index is -0.872. The Morgan fingerprint density at radius 1 is 1.38 bits per heavy atom. The van der Waals surface area contributed by atoms with Crippen LogP contribution in [-0.2, 0) is 9.59 Å². The van der Waals surface area contributed by atoms with Crippen molar-refractivity contribution in [2.24, 2.45) is 0 Å². The monoisotopic (exact) mass is 187 g/mol. The van der Waals surface area contributed by atoms with Gasteiger partial charge in [0.05, 0.1) is 6.42 Å². The molecule has 0 aromatic rings. The van der Waals surface area contributed by atoms with E-state index < -0.39 is 18.0 Å². The summed E-state index contributed by atoms with van der Waals surface area (Å²) in [5.41, 5.74) is 0. The van der Waals surface area contributed by atoms with Gasteiger partial charge in [-0.05, 0) is 19.9 Å². The van der Waals surface area contributed by atoms with E-state index in [0.29, 0.717) is 12.8 Å². The summed E-state index contributed by atoms with van der Waals surface area (Å²) in [4.78, 5) is 22.7. The third-order valence-corrected chi connectivity index (χ3v) is 2.54. The van der Waals surface area contributed by atoms with E-state index in [1.165, 1.54) is 0 Å². The van der Waals surface area contributed by atoms with Gasteiger partial charge in [0.15, 0.2) is 0 Å². The molecule has 0 aromatic heterocycles. The molecule has 0 aliphatic carbocycles. The zero-order valence-electron chi connectivity index (χ0n) is 7.43. The fourth-order valence-corrected chi connectivity index (χ4v) is 1.76. The Morgan fingerprint density at radius 3 is 2.38 bits per heavy atom. The van der Waals surface area contributed by atoms with Gasteiger partial charge in [-0.3, -0.25) is 14.5 Å². The van der Waals surface area contributed by atoms with Crippen molar-refractivity contribution in [2.45, 2.75) is 31.3 Å². The zero-order valence-corrected chi connectivity index (χ0v) is 7.43. The molecule has 0 radical (unpaired) electrons. The summed E-state index contributed by atoms with van der Waals surface area (Å²) in [7, 11) is 1.67. The number of likely N-dealkylation sites (tertiary alicyclic amines) is 1. The molecule has 1 rings (SSSR count). The second-order valence-corrected chi connectivity index (χ2v) is 3.35. The van der Waals surface area contributed by atoms with E-state index in [-0.39, 0.29) is 12.5 Å². The summed E-state index contributed by atoms with van der Waals surface area (Å²) >= 11 is 0. The molecule has 0 aromatic carbocycles. The molecule has 2 N–H and O–H groups in total. The average Bonchev–Trinajstić information content (AvgIpc) is 2.32. The van der Waals surface area contributed by atoms with Gasteiger partial charge < -0.3 is 10.2 Å². The molecule has 1 aliphatic heterocycles. The van der Waals surface area contributed by atoms with Crippen molar-refractivity contribution in [1.29, 1.82) is 0 Å². The van der Waals surface area contributed by atoms with Crippen molar-refractivity contribution in [1.82, 2.24) is 4.90 Å². The molecule has 0 bridgehead atoms. The molecule has 1 saturated heterocycles. The summed E-state index contributed by atoms with van der Waals surface area (Å²) in [6, 6.07) is -0.636. The highest BCUT2D eigenvalue weighted by Crippen LogP contribution is 2.24. The van der Waals surface area contributed by atoms with Crippen LogP contribution in [0.25, 0.3) is 0 Å². The van der Waals surface area contributed by atoms with Gasteiger partial charge in [0.25, 0.3) is 0 Å². The van der Waals surface area contributed by atoms with E-state index in [0.717, 1.165) is 0 Å². The van der Waals surface area contributed by atoms with Gasteiger partial charge in [-0.2, -0.15) is 0 Å². The van der Waals surface area contributed by atoms with Crippen LogP contribution in [0.1, 0.15) is 19.3 Å². The van der Waals surface area contributed by atoms with Crippen molar-refractivity contribution in [3.05, 3.63) is 0 Å². The maximum absolute atomic E-state index is 10.7. The lowest BCUT2D eigenvalue weighted by Gasteiger charge is -2.21. The van der Waals surface area contributed by atoms with Crippen LogP contribution in [0.2, 0.25) is 0 Å². The molecule has 74 valence electrons. The van der Waals surface area contributed by atoms with Crippen LogP contribution >= 0.6 is 0 Å². The Kier molecular flexibility index (Phi) is 2.87. The van der Waals surface area contributed by atoms with E-state index in [4.69, 9.17) is 10.2 Å². The molecular formula is C8H13NO4. The van der Waals surface area contributed by atoms with Crippen LogP contribution in [0.3, 0.4) is 0 Å². The molecule has 5 heteroatoms. The quantitative estimate of drug-likeness (QED) is 0.650. The first-order chi connectivity index (χ1) is 6.02.